The number of rotatable bonds is 6. The SMILES string of the molecule is COCC(O)CNS(=O)(=O)c1c(Cl)cnn1C. The second-order valence-electron chi connectivity index (χ2n) is 3.38. The van der Waals surface area contributed by atoms with Gasteiger partial charge in [0, 0.05) is 20.7 Å². The minimum absolute atomic E-state index is 0.0289. The zero-order valence-electron chi connectivity index (χ0n) is 9.42. The quantitative estimate of drug-likeness (QED) is 0.724. The van der Waals surface area contributed by atoms with E-state index in [0.29, 0.717) is 0 Å². The van der Waals surface area contributed by atoms with E-state index in [4.69, 9.17) is 11.6 Å². The van der Waals surface area contributed by atoms with Gasteiger partial charge < -0.3 is 9.84 Å². The Morgan fingerprint density at radius 1 is 1.71 bits per heavy atom. The monoisotopic (exact) mass is 283 g/mol. The fourth-order valence-electron chi connectivity index (χ4n) is 1.23. The first kappa shape index (κ1) is 14.4. The van der Waals surface area contributed by atoms with Gasteiger partial charge in [0.25, 0.3) is 10.0 Å². The van der Waals surface area contributed by atoms with Crippen LogP contribution in [0.15, 0.2) is 11.2 Å². The summed E-state index contributed by atoms with van der Waals surface area (Å²) >= 11 is 5.72. The first-order valence-corrected chi connectivity index (χ1v) is 6.58. The van der Waals surface area contributed by atoms with E-state index in [-0.39, 0.29) is 23.2 Å². The van der Waals surface area contributed by atoms with Crippen LogP contribution in [0.2, 0.25) is 5.02 Å². The molecular formula is C8H14ClN3O4S. The van der Waals surface area contributed by atoms with Crippen molar-refractivity contribution in [3.05, 3.63) is 11.2 Å². The summed E-state index contributed by atoms with van der Waals surface area (Å²) in [4.78, 5) is 0. The zero-order valence-corrected chi connectivity index (χ0v) is 11.0. The lowest BCUT2D eigenvalue weighted by Gasteiger charge is -2.11. The average molecular weight is 284 g/mol. The van der Waals surface area contributed by atoms with E-state index in [1.54, 1.807) is 0 Å². The Labute approximate surface area is 104 Å². The van der Waals surface area contributed by atoms with Crippen molar-refractivity contribution in [2.45, 2.75) is 11.1 Å². The van der Waals surface area contributed by atoms with Crippen LogP contribution in [0.25, 0.3) is 0 Å². The van der Waals surface area contributed by atoms with Crippen molar-refractivity contribution < 1.29 is 18.3 Å². The van der Waals surface area contributed by atoms with Crippen LogP contribution in [0.1, 0.15) is 0 Å². The molecule has 0 aliphatic carbocycles. The fourth-order valence-corrected chi connectivity index (χ4v) is 2.95. The highest BCUT2D eigenvalue weighted by Gasteiger charge is 2.23. The number of aryl methyl sites for hydroxylation is 1. The predicted octanol–water partition coefficient (Wildman–Crippen LogP) is -0.641. The number of hydrogen-bond acceptors (Lipinski definition) is 5. The number of methoxy groups -OCH3 is 1. The Hall–Kier alpha value is -0.670. The van der Waals surface area contributed by atoms with E-state index >= 15 is 0 Å². The molecule has 0 amide bonds. The summed E-state index contributed by atoms with van der Waals surface area (Å²) in [6.45, 7) is -0.112. The lowest BCUT2D eigenvalue weighted by atomic mass is 10.4. The van der Waals surface area contributed by atoms with Crippen molar-refractivity contribution in [2.75, 3.05) is 20.3 Å². The smallest absolute Gasteiger partial charge is 0.259 e. The minimum atomic E-state index is -3.79. The van der Waals surface area contributed by atoms with Crippen LogP contribution in [-0.4, -0.2) is 49.7 Å². The second kappa shape index (κ2) is 5.78. The molecule has 0 saturated carbocycles. The Bertz CT molecular complexity index is 454. The molecule has 1 aromatic heterocycles. The van der Waals surface area contributed by atoms with Crippen LogP contribution in [-0.2, 0) is 21.8 Å². The van der Waals surface area contributed by atoms with Crippen molar-refractivity contribution in [3.8, 4) is 0 Å². The summed E-state index contributed by atoms with van der Waals surface area (Å²) in [5, 5.41) is 13.0. The number of aliphatic hydroxyl groups excluding tert-OH is 1. The highest BCUT2D eigenvalue weighted by molar-refractivity contribution is 7.89. The summed E-state index contributed by atoms with van der Waals surface area (Å²) in [6, 6.07) is 0. The van der Waals surface area contributed by atoms with E-state index in [2.05, 4.69) is 14.6 Å². The minimum Gasteiger partial charge on any atom is -0.389 e. The molecule has 0 aromatic carbocycles. The van der Waals surface area contributed by atoms with Gasteiger partial charge >= 0.3 is 0 Å². The van der Waals surface area contributed by atoms with Gasteiger partial charge in [0.05, 0.1) is 23.9 Å². The molecule has 0 radical (unpaired) electrons. The second-order valence-corrected chi connectivity index (χ2v) is 5.47. The molecule has 2 N–H and O–H groups in total. The van der Waals surface area contributed by atoms with Crippen LogP contribution in [0.3, 0.4) is 0 Å². The third kappa shape index (κ3) is 3.65. The van der Waals surface area contributed by atoms with Crippen molar-refractivity contribution >= 4 is 21.6 Å². The first-order chi connectivity index (χ1) is 7.88. The maximum absolute atomic E-state index is 11.8. The normalized spacial score (nSPS) is 13.9. The zero-order chi connectivity index (χ0) is 13.1. The van der Waals surface area contributed by atoms with Crippen LogP contribution >= 0.6 is 11.6 Å². The van der Waals surface area contributed by atoms with E-state index in [1.807, 2.05) is 0 Å². The number of ether oxygens (including phenoxy) is 1. The van der Waals surface area contributed by atoms with Gasteiger partial charge in [-0.3, -0.25) is 4.68 Å². The van der Waals surface area contributed by atoms with Crippen LogP contribution < -0.4 is 4.72 Å². The average Bonchev–Trinajstić information content (AvgIpc) is 2.57. The Morgan fingerprint density at radius 2 is 2.35 bits per heavy atom. The van der Waals surface area contributed by atoms with Gasteiger partial charge in [-0.15, -0.1) is 0 Å². The molecule has 1 aromatic rings. The summed E-state index contributed by atoms with van der Waals surface area (Å²) < 4.78 is 31.7. The molecule has 0 spiro atoms. The van der Waals surface area contributed by atoms with Crippen LogP contribution in [0.4, 0.5) is 0 Å². The summed E-state index contributed by atoms with van der Waals surface area (Å²) in [5.74, 6) is 0. The molecule has 0 aliphatic heterocycles. The molecule has 0 bridgehead atoms. The number of sulfonamides is 1. The predicted molar refractivity (Wildman–Crippen MR) is 61.3 cm³/mol. The van der Waals surface area contributed by atoms with Gasteiger partial charge in [-0.2, -0.15) is 5.10 Å². The highest BCUT2D eigenvalue weighted by atomic mass is 35.5. The van der Waals surface area contributed by atoms with Gasteiger partial charge in [-0.25, -0.2) is 13.1 Å². The number of nitrogens with zero attached hydrogens (tertiary/aromatic N) is 2. The summed E-state index contributed by atoms with van der Waals surface area (Å²) in [6.07, 6.45) is 0.323. The molecule has 0 saturated heterocycles. The molecule has 1 atom stereocenters. The van der Waals surface area contributed by atoms with Gasteiger partial charge in [0.15, 0.2) is 5.03 Å². The maximum Gasteiger partial charge on any atom is 0.259 e. The number of nitrogens with one attached hydrogen (secondary N) is 1. The van der Waals surface area contributed by atoms with Gasteiger partial charge in [-0.05, 0) is 0 Å². The fraction of sp³-hybridized carbons (Fsp3) is 0.625. The van der Waals surface area contributed by atoms with Crippen molar-refractivity contribution in [1.82, 2.24) is 14.5 Å². The molecule has 9 heteroatoms. The molecule has 0 aliphatic rings. The first-order valence-electron chi connectivity index (χ1n) is 4.72. The van der Waals surface area contributed by atoms with E-state index in [9.17, 15) is 13.5 Å². The Morgan fingerprint density at radius 3 is 2.82 bits per heavy atom. The molecule has 1 unspecified atom stereocenters. The number of aliphatic hydroxyl groups is 1. The molecule has 1 heterocycles. The number of aromatic nitrogens is 2. The van der Waals surface area contributed by atoms with Crippen LogP contribution in [0, 0.1) is 0 Å². The van der Waals surface area contributed by atoms with Crippen LogP contribution in [0.5, 0.6) is 0 Å². The summed E-state index contributed by atoms with van der Waals surface area (Å²) in [7, 11) is -0.912. The highest BCUT2D eigenvalue weighted by Crippen LogP contribution is 2.19. The maximum atomic E-state index is 11.8. The lowest BCUT2D eigenvalue weighted by molar-refractivity contribution is 0.0679. The topological polar surface area (TPSA) is 93.4 Å². The molecule has 0 fully saturated rings. The van der Waals surface area contributed by atoms with E-state index in [1.165, 1.54) is 20.4 Å². The third-order valence-electron chi connectivity index (χ3n) is 1.97. The molecule has 17 heavy (non-hydrogen) atoms. The van der Waals surface area contributed by atoms with E-state index < -0.39 is 16.1 Å². The Kier molecular flexibility index (Phi) is 4.90. The molecule has 1 rings (SSSR count). The van der Waals surface area contributed by atoms with Gasteiger partial charge in [-0.1, -0.05) is 11.6 Å². The van der Waals surface area contributed by atoms with Gasteiger partial charge in [0.2, 0.25) is 0 Å². The van der Waals surface area contributed by atoms with Crippen molar-refractivity contribution in [2.24, 2.45) is 7.05 Å². The standard InChI is InChI=1S/C8H14ClN3O4S/c1-12-8(7(9)4-10-12)17(14,15)11-3-6(13)5-16-2/h4,6,11,13H,3,5H2,1-2H3. The molecule has 7 nitrogen and oxygen atoms in total. The molecule has 98 valence electrons. The van der Waals surface area contributed by atoms with E-state index in [0.717, 1.165) is 4.68 Å². The van der Waals surface area contributed by atoms with Crippen molar-refractivity contribution in [1.29, 1.82) is 0 Å². The number of halogens is 1. The summed E-state index contributed by atoms with van der Waals surface area (Å²) in [5.41, 5.74) is 0. The van der Waals surface area contributed by atoms with Gasteiger partial charge in [0.1, 0.15) is 0 Å². The third-order valence-corrected chi connectivity index (χ3v) is 3.89. The lowest BCUT2D eigenvalue weighted by Crippen LogP contribution is -2.35. The Balaban J connectivity index is 2.76. The molecular weight excluding hydrogens is 270 g/mol. The largest absolute Gasteiger partial charge is 0.389 e. The van der Waals surface area contributed by atoms with Crippen molar-refractivity contribution in [3.63, 3.8) is 0 Å². The number of hydrogen-bond donors (Lipinski definition) is 2.